The molecule has 0 fully saturated rings. The van der Waals surface area contributed by atoms with E-state index >= 15 is 0 Å². The van der Waals surface area contributed by atoms with Gasteiger partial charge in [-0.05, 0) is 25.2 Å². The molecule has 2 nitrogen and oxygen atoms in total. The van der Waals surface area contributed by atoms with Crippen LogP contribution in [0.4, 0.5) is 0 Å². The summed E-state index contributed by atoms with van der Waals surface area (Å²) in [6.07, 6.45) is 1.80. The average molecular weight is 218 g/mol. The summed E-state index contributed by atoms with van der Waals surface area (Å²) in [7, 11) is 1.46. The maximum absolute atomic E-state index is 11.6. The molecule has 1 unspecified atom stereocenters. The first-order chi connectivity index (χ1) is 5.85. The Hall–Kier alpha value is -0.530. The minimum atomic E-state index is -0.365. The van der Waals surface area contributed by atoms with E-state index in [2.05, 4.69) is 20.8 Å². The highest BCUT2D eigenvalue weighted by molar-refractivity contribution is 5.77. The lowest BCUT2D eigenvalue weighted by Crippen LogP contribution is -2.42. The summed E-state index contributed by atoms with van der Waals surface area (Å²) >= 11 is 0. The van der Waals surface area contributed by atoms with Gasteiger partial charge in [-0.1, -0.05) is 42.5 Å². The average Bonchev–Trinajstić information content (AvgIpc) is 2.14. The molecule has 0 heterocycles. The minimum absolute atomic E-state index is 0. The van der Waals surface area contributed by atoms with Crippen molar-refractivity contribution in [1.82, 2.24) is 0 Å². The van der Waals surface area contributed by atoms with Crippen LogP contribution in [0, 0.1) is 10.8 Å². The van der Waals surface area contributed by atoms with Gasteiger partial charge in [-0.3, -0.25) is 4.79 Å². The Morgan fingerprint density at radius 2 is 1.47 bits per heavy atom. The first kappa shape index (κ1) is 20.0. The van der Waals surface area contributed by atoms with Crippen LogP contribution in [0.25, 0.3) is 0 Å². The quantitative estimate of drug-likeness (QED) is 0.658. The van der Waals surface area contributed by atoms with E-state index in [4.69, 9.17) is 4.74 Å². The Labute approximate surface area is 96.4 Å². The van der Waals surface area contributed by atoms with Gasteiger partial charge in [0.15, 0.2) is 0 Å². The third kappa shape index (κ3) is 3.51. The molecule has 0 amide bonds. The monoisotopic (exact) mass is 218 g/mol. The number of hydrogen-bond donors (Lipinski definition) is 0. The van der Waals surface area contributed by atoms with Crippen molar-refractivity contribution < 1.29 is 9.53 Å². The molecule has 0 aromatic rings. The molecule has 94 valence electrons. The van der Waals surface area contributed by atoms with Gasteiger partial charge in [0.25, 0.3) is 0 Å². The van der Waals surface area contributed by atoms with Crippen LogP contribution in [0.1, 0.15) is 62.3 Å². The summed E-state index contributed by atoms with van der Waals surface area (Å²) in [6, 6.07) is 0. The summed E-state index contributed by atoms with van der Waals surface area (Å²) in [5.74, 6) is -0.0955. The summed E-state index contributed by atoms with van der Waals surface area (Å²) in [4.78, 5) is 11.6. The number of carbonyl (C=O) groups excluding carboxylic acids is 1. The maximum Gasteiger partial charge on any atom is 0.312 e. The van der Waals surface area contributed by atoms with Gasteiger partial charge in [-0.25, -0.2) is 0 Å². The molecule has 0 N–H and O–H groups in total. The molecule has 0 rings (SSSR count). The van der Waals surface area contributed by atoms with Crippen molar-refractivity contribution in [1.29, 1.82) is 0 Å². The van der Waals surface area contributed by atoms with Crippen molar-refractivity contribution >= 4 is 5.97 Å². The molecule has 15 heavy (non-hydrogen) atoms. The number of methoxy groups -OCH3 is 1. The number of esters is 1. The summed E-state index contributed by atoms with van der Waals surface area (Å²) in [6.45, 7) is 10.4. The van der Waals surface area contributed by atoms with Gasteiger partial charge in [0.1, 0.15) is 0 Å². The zero-order valence-corrected chi connectivity index (χ0v) is 9.73. The lowest BCUT2D eigenvalue weighted by molar-refractivity contribution is -0.160. The van der Waals surface area contributed by atoms with Gasteiger partial charge in [-0.2, -0.15) is 0 Å². The second-order valence-corrected chi connectivity index (χ2v) is 4.41. The Kier molecular flexibility index (Phi) is 9.13. The molecular formula is C13H30O2. The van der Waals surface area contributed by atoms with Crippen molar-refractivity contribution in [2.75, 3.05) is 7.11 Å². The first-order valence-electron chi connectivity index (χ1n) is 4.94. The topological polar surface area (TPSA) is 26.3 Å². The Morgan fingerprint density at radius 3 is 1.67 bits per heavy atom. The number of rotatable bonds is 4. The van der Waals surface area contributed by atoms with E-state index in [0.29, 0.717) is 0 Å². The van der Waals surface area contributed by atoms with Crippen LogP contribution in [0.5, 0.6) is 0 Å². The first-order valence-corrected chi connectivity index (χ1v) is 4.94. The summed E-state index contributed by atoms with van der Waals surface area (Å²) < 4.78 is 4.86. The zero-order valence-electron chi connectivity index (χ0n) is 9.73. The molecular weight excluding hydrogens is 188 g/mol. The largest absolute Gasteiger partial charge is 0.469 e. The normalized spacial score (nSPS) is 14.3. The molecule has 1 atom stereocenters. The molecule has 0 spiro atoms. The predicted molar refractivity (Wildman–Crippen MR) is 67.9 cm³/mol. The summed E-state index contributed by atoms with van der Waals surface area (Å²) in [5, 5.41) is 0. The van der Waals surface area contributed by atoms with Gasteiger partial charge in [0.2, 0.25) is 0 Å². The highest BCUT2D eigenvalue weighted by Crippen LogP contribution is 2.44. The molecule has 0 radical (unpaired) electrons. The fourth-order valence-electron chi connectivity index (χ4n) is 1.51. The van der Waals surface area contributed by atoms with E-state index in [1.165, 1.54) is 7.11 Å². The maximum atomic E-state index is 11.6. The van der Waals surface area contributed by atoms with E-state index in [-0.39, 0.29) is 31.7 Å². The molecule has 0 aliphatic heterocycles. The van der Waals surface area contributed by atoms with E-state index in [1.807, 2.05) is 13.8 Å². The second kappa shape index (κ2) is 6.86. The Balaban J connectivity index is -0.000000720. The van der Waals surface area contributed by atoms with Gasteiger partial charge < -0.3 is 4.74 Å². The van der Waals surface area contributed by atoms with Crippen molar-refractivity contribution in [2.45, 2.75) is 62.3 Å². The van der Waals surface area contributed by atoms with Crippen LogP contribution in [0.2, 0.25) is 0 Å². The highest BCUT2D eigenvalue weighted by atomic mass is 16.5. The van der Waals surface area contributed by atoms with Gasteiger partial charge in [0.05, 0.1) is 12.5 Å². The van der Waals surface area contributed by atoms with Crippen LogP contribution in [0.3, 0.4) is 0 Å². The van der Waals surface area contributed by atoms with E-state index in [0.717, 1.165) is 12.8 Å². The molecule has 0 aliphatic carbocycles. The van der Waals surface area contributed by atoms with Crippen LogP contribution in [-0.2, 0) is 9.53 Å². The van der Waals surface area contributed by atoms with Gasteiger partial charge in [0, 0.05) is 0 Å². The molecule has 0 aromatic heterocycles. The smallest absolute Gasteiger partial charge is 0.312 e. The summed E-state index contributed by atoms with van der Waals surface area (Å²) in [5.41, 5.74) is -0.370. The van der Waals surface area contributed by atoms with E-state index in [9.17, 15) is 4.79 Å². The zero-order chi connectivity index (χ0) is 10.7. The third-order valence-corrected chi connectivity index (χ3v) is 3.72. The highest BCUT2D eigenvalue weighted by Gasteiger charge is 2.45. The molecule has 0 aromatic carbocycles. The third-order valence-electron chi connectivity index (χ3n) is 3.72. The number of hydrogen-bond acceptors (Lipinski definition) is 2. The molecule has 2 heteroatoms. The molecule has 0 saturated heterocycles. The van der Waals surface area contributed by atoms with Crippen LogP contribution < -0.4 is 0 Å². The lowest BCUT2D eigenvalue weighted by atomic mass is 9.64. The van der Waals surface area contributed by atoms with Crippen LogP contribution >= 0.6 is 0 Å². The fraction of sp³-hybridized carbons (Fsp3) is 0.923. The standard InChI is InChI=1S/C11H22O2.2CH4/c1-7-10(3,4)11(5,8-2)9(12)13-6;;/h7-8H2,1-6H3;2*1H4. The predicted octanol–water partition coefficient (Wildman–Crippen LogP) is 4.28. The van der Waals surface area contributed by atoms with Crippen molar-refractivity contribution in [2.24, 2.45) is 10.8 Å². The van der Waals surface area contributed by atoms with E-state index in [1.54, 1.807) is 0 Å². The molecule has 0 saturated carbocycles. The second-order valence-electron chi connectivity index (χ2n) is 4.41. The van der Waals surface area contributed by atoms with Crippen molar-refractivity contribution in [3.8, 4) is 0 Å². The van der Waals surface area contributed by atoms with Crippen molar-refractivity contribution in [3.05, 3.63) is 0 Å². The van der Waals surface area contributed by atoms with Crippen LogP contribution in [-0.4, -0.2) is 13.1 Å². The SMILES string of the molecule is C.C.CCC(C)(C)C(C)(CC)C(=O)OC. The molecule has 0 bridgehead atoms. The minimum Gasteiger partial charge on any atom is -0.469 e. The van der Waals surface area contributed by atoms with Gasteiger partial charge in [-0.15, -0.1) is 0 Å². The van der Waals surface area contributed by atoms with Gasteiger partial charge >= 0.3 is 5.97 Å². The number of ether oxygens (including phenoxy) is 1. The van der Waals surface area contributed by atoms with Crippen molar-refractivity contribution in [3.63, 3.8) is 0 Å². The Bertz CT molecular complexity index is 185. The fourth-order valence-corrected chi connectivity index (χ4v) is 1.51. The number of carbonyl (C=O) groups is 1. The van der Waals surface area contributed by atoms with E-state index < -0.39 is 0 Å². The lowest BCUT2D eigenvalue weighted by Gasteiger charge is -2.40. The van der Waals surface area contributed by atoms with Crippen LogP contribution in [0.15, 0.2) is 0 Å². The molecule has 0 aliphatic rings. The Morgan fingerprint density at radius 1 is 1.07 bits per heavy atom.